The van der Waals surface area contributed by atoms with Gasteiger partial charge < -0.3 is 20.3 Å². The van der Waals surface area contributed by atoms with E-state index in [2.05, 4.69) is 99.0 Å². The minimum Gasteiger partial charge on any atom is -0.462 e. The highest BCUT2D eigenvalue weighted by Gasteiger charge is 2.24. The number of esters is 1. The summed E-state index contributed by atoms with van der Waals surface area (Å²) in [5.41, 5.74) is 0. The molecule has 0 rings (SSSR count). The summed E-state index contributed by atoms with van der Waals surface area (Å²) < 4.78 is 5.87. The molecule has 0 spiro atoms. The van der Waals surface area contributed by atoms with Crippen LogP contribution in [0, 0.1) is 0 Å². The lowest BCUT2D eigenvalue weighted by Crippen LogP contribution is -2.46. The van der Waals surface area contributed by atoms with Crippen molar-refractivity contribution < 1.29 is 24.5 Å². The molecule has 0 saturated heterocycles. The van der Waals surface area contributed by atoms with Crippen molar-refractivity contribution in [3.05, 3.63) is 72.9 Å². The average molecular weight is 810 g/mol. The number of amides is 1. The lowest BCUT2D eigenvalue weighted by Gasteiger charge is -2.24. The van der Waals surface area contributed by atoms with Gasteiger partial charge in [-0.05, 0) is 89.9 Å². The Hall–Kier alpha value is -2.70. The minimum absolute atomic E-state index is 0.0496. The van der Waals surface area contributed by atoms with Gasteiger partial charge in [-0.3, -0.25) is 9.59 Å². The standard InChI is InChI=1S/C52H91NO5/c1-4-7-10-13-16-19-21-23-24-25-26-27-28-29-31-33-36-39-42-45-52(57)58-48(43-40-37-34-18-15-12-9-6-3)46-51(56)53-49(47-54)50(55)44-41-38-35-32-30-22-20-17-14-11-8-5-2/h7,10,12,15-16,19,23-24,26-27,29,31,48-50,54-55H,4-6,8-9,11,13-14,17-18,20-22,25,28,30,32-47H2,1-3H3,(H,53,56)/b10-7-,15-12-,19-16-,24-23-,27-26-,31-29-. The fraction of sp³-hybridized carbons (Fsp3) is 0.731. The van der Waals surface area contributed by atoms with Crippen molar-refractivity contribution in [1.82, 2.24) is 5.32 Å². The van der Waals surface area contributed by atoms with Crippen LogP contribution in [0.3, 0.4) is 0 Å². The van der Waals surface area contributed by atoms with Gasteiger partial charge in [0.1, 0.15) is 6.10 Å². The second-order valence-electron chi connectivity index (χ2n) is 16.1. The van der Waals surface area contributed by atoms with Gasteiger partial charge in [-0.15, -0.1) is 0 Å². The van der Waals surface area contributed by atoms with E-state index in [4.69, 9.17) is 4.74 Å². The van der Waals surface area contributed by atoms with Crippen LogP contribution in [0.4, 0.5) is 0 Å². The van der Waals surface area contributed by atoms with E-state index in [1.165, 1.54) is 57.8 Å². The number of hydrogen-bond donors (Lipinski definition) is 3. The lowest BCUT2D eigenvalue weighted by atomic mass is 10.0. The predicted octanol–water partition coefficient (Wildman–Crippen LogP) is 14.2. The molecule has 0 bridgehead atoms. The zero-order chi connectivity index (χ0) is 42.4. The molecule has 0 aromatic rings. The zero-order valence-electron chi connectivity index (χ0n) is 37.9. The first-order valence-electron chi connectivity index (χ1n) is 24.2. The van der Waals surface area contributed by atoms with E-state index in [0.29, 0.717) is 19.3 Å². The second-order valence-corrected chi connectivity index (χ2v) is 16.1. The highest BCUT2D eigenvalue weighted by molar-refractivity contribution is 5.77. The van der Waals surface area contributed by atoms with E-state index in [-0.39, 0.29) is 24.9 Å². The fourth-order valence-electron chi connectivity index (χ4n) is 6.87. The van der Waals surface area contributed by atoms with Crippen LogP contribution >= 0.6 is 0 Å². The second kappa shape index (κ2) is 45.4. The highest BCUT2D eigenvalue weighted by Crippen LogP contribution is 2.17. The van der Waals surface area contributed by atoms with Crippen molar-refractivity contribution >= 4 is 11.9 Å². The average Bonchev–Trinajstić information content (AvgIpc) is 3.22. The zero-order valence-corrected chi connectivity index (χ0v) is 37.9. The van der Waals surface area contributed by atoms with Gasteiger partial charge in [-0.1, -0.05) is 190 Å². The summed E-state index contributed by atoms with van der Waals surface area (Å²) in [6.45, 7) is 6.27. The molecule has 334 valence electrons. The van der Waals surface area contributed by atoms with Crippen LogP contribution in [0.2, 0.25) is 0 Å². The third kappa shape index (κ3) is 40.1. The molecule has 58 heavy (non-hydrogen) atoms. The number of hydrogen-bond acceptors (Lipinski definition) is 5. The maximum absolute atomic E-state index is 13.1. The molecule has 6 nitrogen and oxygen atoms in total. The molecule has 0 aliphatic heterocycles. The van der Waals surface area contributed by atoms with Crippen LogP contribution in [0.15, 0.2) is 72.9 Å². The summed E-state index contributed by atoms with van der Waals surface area (Å²) in [5.74, 6) is -0.536. The summed E-state index contributed by atoms with van der Waals surface area (Å²) >= 11 is 0. The molecule has 1 amide bonds. The monoisotopic (exact) mass is 810 g/mol. The molecule has 0 heterocycles. The summed E-state index contributed by atoms with van der Waals surface area (Å²) in [6.07, 6.45) is 56.8. The molecule has 0 aliphatic rings. The van der Waals surface area contributed by atoms with Crippen molar-refractivity contribution in [2.45, 2.75) is 238 Å². The van der Waals surface area contributed by atoms with Gasteiger partial charge in [-0.2, -0.15) is 0 Å². The Morgan fingerprint density at radius 1 is 0.517 bits per heavy atom. The number of rotatable bonds is 42. The Morgan fingerprint density at radius 3 is 1.50 bits per heavy atom. The molecule has 6 heteroatoms. The SMILES string of the molecule is CC/C=C\C/C=C\C/C=C\C/C=C\C/C=C\CCCCCC(=O)OC(CCCCC/C=C\CCC)CC(=O)NC(CO)C(O)CCCCCCCCCCCCCC. The third-order valence-corrected chi connectivity index (χ3v) is 10.5. The quantitative estimate of drug-likeness (QED) is 0.0324. The highest BCUT2D eigenvalue weighted by atomic mass is 16.5. The molecule has 3 atom stereocenters. The first kappa shape index (κ1) is 55.3. The van der Waals surface area contributed by atoms with Crippen LogP contribution in [-0.2, 0) is 14.3 Å². The van der Waals surface area contributed by atoms with Gasteiger partial charge in [0.15, 0.2) is 0 Å². The maximum Gasteiger partial charge on any atom is 0.306 e. The Bertz CT molecular complexity index is 1090. The normalized spacial score (nSPS) is 13.9. The van der Waals surface area contributed by atoms with E-state index in [1.54, 1.807) is 0 Å². The number of carbonyl (C=O) groups is 2. The van der Waals surface area contributed by atoms with Crippen molar-refractivity contribution in [2.24, 2.45) is 0 Å². The van der Waals surface area contributed by atoms with Gasteiger partial charge in [0, 0.05) is 6.42 Å². The number of nitrogens with one attached hydrogen (secondary N) is 1. The molecule has 0 aromatic heterocycles. The van der Waals surface area contributed by atoms with Crippen molar-refractivity contribution in [3.63, 3.8) is 0 Å². The fourth-order valence-corrected chi connectivity index (χ4v) is 6.87. The van der Waals surface area contributed by atoms with Crippen LogP contribution < -0.4 is 5.32 Å². The number of aliphatic hydroxyl groups is 2. The van der Waals surface area contributed by atoms with Crippen LogP contribution in [-0.4, -0.2) is 46.9 Å². The maximum atomic E-state index is 13.1. The molecular weight excluding hydrogens is 719 g/mol. The molecule has 0 saturated carbocycles. The Kier molecular flexibility index (Phi) is 43.3. The summed E-state index contributed by atoms with van der Waals surface area (Å²) in [4.78, 5) is 26.0. The number of ether oxygens (including phenoxy) is 1. The van der Waals surface area contributed by atoms with E-state index < -0.39 is 18.2 Å². The Labute approximate surface area is 358 Å². The van der Waals surface area contributed by atoms with Crippen LogP contribution in [0.5, 0.6) is 0 Å². The molecule has 0 aliphatic carbocycles. The van der Waals surface area contributed by atoms with Crippen molar-refractivity contribution in [2.75, 3.05) is 6.61 Å². The van der Waals surface area contributed by atoms with Gasteiger partial charge in [-0.25, -0.2) is 0 Å². The van der Waals surface area contributed by atoms with Gasteiger partial charge in [0.05, 0.1) is 25.2 Å². The summed E-state index contributed by atoms with van der Waals surface area (Å²) in [5, 5.41) is 23.6. The largest absolute Gasteiger partial charge is 0.462 e. The van der Waals surface area contributed by atoms with Crippen molar-refractivity contribution in [1.29, 1.82) is 0 Å². The Morgan fingerprint density at radius 2 is 0.966 bits per heavy atom. The molecule has 0 aromatic carbocycles. The summed E-state index contributed by atoms with van der Waals surface area (Å²) in [7, 11) is 0. The predicted molar refractivity (Wildman–Crippen MR) is 250 cm³/mol. The molecule has 3 N–H and O–H groups in total. The van der Waals surface area contributed by atoms with E-state index >= 15 is 0 Å². The topological polar surface area (TPSA) is 95.9 Å². The van der Waals surface area contributed by atoms with E-state index in [0.717, 1.165) is 116 Å². The number of allylic oxidation sites excluding steroid dienone is 12. The van der Waals surface area contributed by atoms with Crippen LogP contribution in [0.1, 0.15) is 220 Å². The summed E-state index contributed by atoms with van der Waals surface area (Å²) in [6, 6.07) is -0.713. The molecule has 0 radical (unpaired) electrons. The lowest BCUT2D eigenvalue weighted by molar-refractivity contribution is -0.151. The smallest absolute Gasteiger partial charge is 0.306 e. The minimum atomic E-state index is -0.798. The number of unbranched alkanes of at least 4 members (excludes halogenated alkanes) is 18. The van der Waals surface area contributed by atoms with E-state index in [9.17, 15) is 19.8 Å². The molecule has 3 unspecified atom stereocenters. The first-order chi connectivity index (χ1) is 28.5. The first-order valence-corrected chi connectivity index (χ1v) is 24.2. The number of carbonyl (C=O) groups excluding carboxylic acids is 2. The van der Waals surface area contributed by atoms with Gasteiger partial charge in [0.25, 0.3) is 0 Å². The Balaban J connectivity index is 4.52. The van der Waals surface area contributed by atoms with Crippen LogP contribution in [0.25, 0.3) is 0 Å². The van der Waals surface area contributed by atoms with Gasteiger partial charge >= 0.3 is 5.97 Å². The molecular formula is C52H91NO5. The van der Waals surface area contributed by atoms with Crippen molar-refractivity contribution in [3.8, 4) is 0 Å². The number of aliphatic hydroxyl groups excluding tert-OH is 2. The van der Waals surface area contributed by atoms with E-state index in [1.807, 2.05) is 0 Å². The van der Waals surface area contributed by atoms with Gasteiger partial charge in [0.2, 0.25) is 5.91 Å². The third-order valence-electron chi connectivity index (χ3n) is 10.5. The molecule has 0 fully saturated rings.